The number of halogens is 1. The van der Waals surface area contributed by atoms with Gasteiger partial charge in [-0.05, 0) is 35.8 Å². The molecule has 0 aliphatic heterocycles. The lowest BCUT2D eigenvalue weighted by molar-refractivity contribution is 0.206. The van der Waals surface area contributed by atoms with Crippen LogP contribution in [0.1, 0.15) is 28.5 Å². The number of hydrogen-bond donors (Lipinski definition) is 1. The van der Waals surface area contributed by atoms with E-state index in [1.165, 1.54) is 0 Å². The zero-order valence-corrected chi connectivity index (χ0v) is 12.9. The Hall–Kier alpha value is -0.850. The molecule has 1 atom stereocenters. The molecular formula is C12H15BrN2O2S. The van der Waals surface area contributed by atoms with Crippen molar-refractivity contribution in [3.8, 4) is 5.75 Å². The summed E-state index contributed by atoms with van der Waals surface area (Å²) in [6.45, 7) is 4.69. The van der Waals surface area contributed by atoms with Crippen molar-refractivity contribution >= 4 is 27.3 Å². The predicted molar refractivity (Wildman–Crippen MR) is 75.3 cm³/mol. The normalized spacial score (nSPS) is 12.7. The number of rotatable bonds is 4. The molecule has 98 valence electrons. The van der Waals surface area contributed by atoms with Crippen molar-refractivity contribution in [2.24, 2.45) is 0 Å². The number of aliphatic hydroxyl groups is 1. The maximum Gasteiger partial charge on any atom is 0.163 e. The fourth-order valence-corrected chi connectivity index (χ4v) is 3.36. The minimum absolute atomic E-state index is 0.617. The van der Waals surface area contributed by atoms with Gasteiger partial charge in [0.05, 0.1) is 13.3 Å². The molecule has 1 unspecified atom stereocenters. The zero-order chi connectivity index (χ0) is 13.3. The fourth-order valence-electron chi connectivity index (χ4n) is 1.81. The van der Waals surface area contributed by atoms with Crippen LogP contribution in [-0.2, 0) is 6.54 Å². The highest BCUT2D eigenvalue weighted by atomic mass is 79.9. The second-order valence-corrected chi connectivity index (χ2v) is 6.01. The maximum absolute atomic E-state index is 10.5. The summed E-state index contributed by atoms with van der Waals surface area (Å²) in [7, 11) is 1.59. The number of methoxy groups -OCH3 is 1. The van der Waals surface area contributed by atoms with Crippen LogP contribution in [0.2, 0.25) is 0 Å². The van der Waals surface area contributed by atoms with Gasteiger partial charge in [0.1, 0.15) is 11.8 Å². The van der Waals surface area contributed by atoms with Gasteiger partial charge in [0.15, 0.2) is 5.75 Å². The first-order chi connectivity index (χ1) is 8.58. The molecule has 0 amide bonds. The third kappa shape index (κ3) is 2.32. The fraction of sp³-hybridized carbons (Fsp3) is 0.417. The van der Waals surface area contributed by atoms with Crippen molar-refractivity contribution in [2.45, 2.75) is 26.5 Å². The van der Waals surface area contributed by atoms with E-state index in [1.54, 1.807) is 29.3 Å². The maximum atomic E-state index is 10.5. The minimum atomic E-state index is -0.711. The number of aromatic nitrogens is 2. The van der Waals surface area contributed by atoms with Gasteiger partial charge in [-0.25, -0.2) is 0 Å². The highest BCUT2D eigenvalue weighted by molar-refractivity contribution is 9.10. The first-order valence-corrected chi connectivity index (χ1v) is 7.23. The summed E-state index contributed by atoms with van der Waals surface area (Å²) in [5.74, 6) is 0.617. The van der Waals surface area contributed by atoms with Crippen molar-refractivity contribution in [3.63, 3.8) is 0 Å². The molecule has 0 saturated heterocycles. The van der Waals surface area contributed by atoms with Gasteiger partial charge in [0.2, 0.25) is 0 Å². The Labute approximate surface area is 118 Å². The van der Waals surface area contributed by atoms with Crippen molar-refractivity contribution in [3.05, 3.63) is 32.2 Å². The summed E-state index contributed by atoms with van der Waals surface area (Å²) in [4.78, 5) is 2.03. The number of ether oxygens (including phenoxy) is 1. The predicted octanol–water partition coefficient (Wildman–Crippen LogP) is 3.13. The van der Waals surface area contributed by atoms with Gasteiger partial charge in [-0.2, -0.15) is 5.10 Å². The van der Waals surface area contributed by atoms with Crippen molar-refractivity contribution in [2.75, 3.05) is 7.11 Å². The lowest BCUT2D eigenvalue weighted by atomic mass is 10.2. The molecule has 0 saturated carbocycles. The molecule has 6 heteroatoms. The second kappa shape index (κ2) is 5.42. The summed E-state index contributed by atoms with van der Waals surface area (Å²) in [5, 5.41) is 14.7. The average molecular weight is 331 g/mol. The summed E-state index contributed by atoms with van der Waals surface area (Å²) in [6, 6.07) is 1.94. The summed E-state index contributed by atoms with van der Waals surface area (Å²) < 4.78 is 8.03. The monoisotopic (exact) mass is 330 g/mol. The number of aliphatic hydroxyl groups excluding tert-OH is 1. The van der Waals surface area contributed by atoms with Crippen molar-refractivity contribution < 1.29 is 9.84 Å². The van der Waals surface area contributed by atoms with Crippen LogP contribution in [0.15, 0.2) is 16.7 Å². The number of aryl methyl sites for hydroxylation is 2. The largest absolute Gasteiger partial charge is 0.493 e. The van der Waals surface area contributed by atoms with Crippen molar-refractivity contribution in [1.29, 1.82) is 0 Å². The van der Waals surface area contributed by atoms with E-state index in [-0.39, 0.29) is 0 Å². The highest BCUT2D eigenvalue weighted by Gasteiger charge is 2.23. The van der Waals surface area contributed by atoms with E-state index >= 15 is 0 Å². The molecule has 2 heterocycles. The lowest BCUT2D eigenvalue weighted by Gasteiger charge is -2.12. The molecule has 0 radical (unpaired) electrons. The summed E-state index contributed by atoms with van der Waals surface area (Å²) >= 11 is 5.03. The van der Waals surface area contributed by atoms with Gasteiger partial charge < -0.3 is 9.84 Å². The van der Waals surface area contributed by atoms with Gasteiger partial charge in [-0.3, -0.25) is 4.68 Å². The third-order valence-electron chi connectivity index (χ3n) is 2.77. The first kappa shape index (κ1) is 13.6. The van der Waals surface area contributed by atoms with E-state index in [9.17, 15) is 5.11 Å². The highest BCUT2D eigenvalue weighted by Crippen LogP contribution is 2.36. The second-order valence-electron chi connectivity index (χ2n) is 3.87. The SMILES string of the molecule is CCn1ncc(OC)c1C(O)c1cc(Br)c(C)s1. The minimum Gasteiger partial charge on any atom is -0.493 e. The molecule has 0 spiro atoms. The summed E-state index contributed by atoms with van der Waals surface area (Å²) in [6.07, 6.45) is 0.926. The first-order valence-electron chi connectivity index (χ1n) is 5.62. The molecule has 0 aliphatic carbocycles. The molecule has 2 aromatic heterocycles. The number of hydrogen-bond acceptors (Lipinski definition) is 4. The van der Waals surface area contributed by atoms with Crippen molar-refractivity contribution in [1.82, 2.24) is 9.78 Å². The average Bonchev–Trinajstić information content (AvgIpc) is 2.92. The van der Waals surface area contributed by atoms with Crippen LogP contribution in [0.3, 0.4) is 0 Å². The molecule has 4 nitrogen and oxygen atoms in total. The molecule has 1 N–H and O–H groups in total. The molecular weight excluding hydrogens is 316 g/mol. The number of thiophene rings is 1. The van der Waals surface area contributed by atoms with Crippen LogP contribution in [0.4, 0.5) is 0 Å². The Kier molecular flexibility index (Phi) is 4.09. The molecule has 2 rings (SSSR count). The van der Waals surface area contributed by atoms with E-state index in [0.29, 0.717) is 18.0 Å². The lowest BCUT2D eigenvalue weighted by Crippen LogP contribution is -2.09. The Morgan fingerprint density at radius 3 is 2.83 bits per heavy atom. The Morgan fingerprint density at radius 2 is 2.33 bits per heavy atom. The zero-order valence-electron chi connectivity index (χ0n) is 10.5. The smallest absolute Gasteiger partial charge is 0.163 e. The molecule has 0 aromatic carbocycles. The van der Waals surface area contributed by atoms with E-state index in [0.717, 1.165) is 14.2 Å². The van der Waals surface area contributed by atoms with E-state index in [1.807, 2.05) is 19.9 Å². The van der Waals surface area contributed by atoms with Crippen LogP contribution in [0.25, 0.3) is 0 Å². The van der Waals surface area contributed by atoms with E-state index in [4.69, 9.17) is 4.74 Å². The Balaban J connectivity index is 2.44. The third-order valence-corrected chi connectivity index (χ3v) is 4.96. The van der Waals surface area contributed by atoms with Crippen LogP contribution in [0, 0.1) is 6.92 Å². The molecule has 18 heavy (non-hydrogen) atoms. The van der Waals surface area contributed by atoms with Gasteiger partial charge in [0, 0.05) is 20.8 Å². The van der Waals surface area contributed by atoms with Crippen LogP contribution >= 0.6 is 27.3 Å². The molecule has 2 aromatic rings. The quantitative estimate of drug-likeness (QED) is 0.936. The van der Waals surface area contributed by atoms with Crippen LogP contribution in [-0.4, -0.2) is 22.0 Å². The Bertz CT molecular complexity index is 509. The topological polar surface area (TPSA) is 47.3 Å². The van der Waals surface area contributed by atoms with E-state index in [2.05, 4.69) is 21.0 Å². The van der Waals surface area contributed by atoms with Gasteiger partial charge >= 0.3 is 0 Å². The summed E-state index contributed by atoms with van der Waals surface area (Å²) in [5.41, 5.74) is 0.703. The molecule has 0 bridgehead atoms. The molecule has 0 fully saturated rings. The van der Waals surface area contributed by atoms with E-state index < -0.39 is 6.10 Å². The van der Waals surface area contributed by atoms with Gasteiger partial charge in [-0.1, -0.05) is 0 Å². The van der Waals surface area contributed by atoms with Gasteiger partial charge in [-0.15, -0.1) is 11.3 Å². The van der Waals surface area contributed by atoms with Crippen LogP contribution in [0.5, 0.6) is 5.75 Å². The van der Waals surface area contributed by atoms with Crippen LogP contribution < -0.4 is 4.74 Å². The van der Waals surface area contributed by atoms with Gasteiger partial charge in [0.25, 0.3) is 0 Å². The number of nitrogens with zero attached hydrogens (tertiary/aromatic N) is 2. The Morgan fingerprint density at radius 1 is 1.61 bits per heavy atom. The molecule has 0 aliphatic rings. The standard InChI is InChI=1S/C12H15BrN2O2S/c1-4-15-11(9(17-3)6-14-15)12(16)10-5-8(13)7(2)18-10/h5-6,12,16H,4H2,1-3H3.